The van der Waals surface area contributed by atoms with E-state index in [0.717, 1.165) is 17.3 Å². The second-order valence-corrected chi connectivity index (χ2v) is 7.53. The fraction of sp³-hybridized carbons (Fsp3) is 0.0556. The lowest BCUT2D eigenvalue weighted by molar-refractivity contribution is -0.126. The third kappa shape index (κ3) is 4.43. The Labute approximate surface area is 164 Å². The molecule has 1 fully saturated rings. The molecule has 1 saturated heterocycles. The molecule has 1 aliphatic heterocycles. The molecular weight excluding hydrogens is 392 g/mol. The van der Waals surface area contributed by atoms with Gasteiger partial charge in [-0.1, -0.05) is 47.7 Å². The van der Waals surface area contributed by atoms with Gasteiger partial charge in [0, 0.05) is 10.7 Å². The first-order valence-corrected chi connectivity index (χ1v) is 9.12. The van der Waals surface area contributed by atoms with E-state index in [0.29, 0.717) is 19.9 Å². The first-order valence-electron chi connectivity index (χ1n) is 7.52. The number of anilines is 1. The number of hydrogen-bond acceptors (Lipinski definition) is 5. The van der Waals surface area contributed by atoms with E-state index in [-0.39, 0.29) is 24.1 Å². The highest BCUT2D eigenvalue weighted by atomic mass is 35.5. The first-order chi connectivity index (χ1) is 12.4. The van der Waals surface area contributed by atoms with Gasteiger partial charge < -0.3 is 10.4 Å². The quantitative estimate of drug-likeness (QED) is 0.459. The van der Waals surface area contributed by atoms with Crippen LogP contribution >= 0.6 is 35.6 Å². The maximum atomic E-state index is 12.5. The summed E-state index contributed by atoms with van der Waals surface area (Å²) in [6.45, 7) is -0.177. The van der Waals surface area contributed by atoms with Crippen molar-refractivity contribution in [1.29, 1.82) is 0 Å². The molecule has 2 aromatic rings. The van der Waals surface area contributed by atoms with E-state index in [2.05, 4.69) is 5.32 Å². The van der Waals surface area contributed by atoms with Crippen molar-refractivity contribution in [3.05, 3.63) is 64.0 Å². The van der Waals surface area contributed by atoms with Gasteiger partial charge in [-0.05, 0) is 48.0 Å². The molecule has 0 radical (unpaired) electrons. The van der Waals surface area contributed by atoms with Crippen molar-refractivity contribution in [1.82, 2.24) is 4.90 Å². The van der Waals surface area contributed by atoms with Crippen molar-refractivity contribution in [3.63, 3.8) is 0 Å². The van der Waals surface area contributed by atoms with Gasteiger partial charge in [0.15, 0.2) is 0 Å². The van der Waals surface area contributed by atoms with Crippen LogP contribution in [0, 0.1) is 0 Å². The number of amides is 2. The maximum Gasteiger partial charge on any atom is 0.266 e. The van der Waals surface area contributed by atoms with Crippen LogP contribution in [0.2, 0.25) is 5.02 Å². The zero-order valence-electron chi connectivity index (χ0n) is 13.3. The smallest absolute Gasteiger partial charge is 0.266 e. The van der Waals surface area contributed by atoms with E-state index in [1.807, 2.05) is 0 Å². The summed E-state index contributed by atoms with van der Waals surface area (Å²) in [6, 6.07) is 13.1. The van der Waals surface area contributed by atoms with E-state index >= 15 is 0 Å². The van der Waals surface area contributed by atoms with Gasteiger partial charge in [0.05, 0.1) is 4.91 Å². The molecule has 8 heteroatoms. The molecular formula is C18H13ClN2O3S2. The van der Waals surface area contributed by atoms with Crippen LogP contribution in [-0.2, 0) is 9.59 Å². The number of phenols is 1. The van der Waals surface area contributed by atoms with Gasteiger partial charge in [-0.3, -0.25) is 14.5 Å². The van der Waals surface area contributed by atoms with Crippen LogP contribution in [0.4, 0.5) is 5.69 Å². The van der Waals surface area contributed by atoms with Crippen LogP contribution in [-0.4, -0.2) is 32.7 Å². The summed E-state index contributed by atoms with van der Waals surface area (Å²) in [6.07, 6.45) is 1.72. The van der Waals surface area contributed by atoms with Crippen LogP contribution in [0.1, 0.15) is 5.56 Å². The second-order valence-electron chi connectivity index (χ2n) is 5.41. The van der Waals surface area contributed by atoms with Gasteiger partial charge in [-0.25, -0.2) is 0 Å². The van der Waals surface area contributed by atoms with Crippen molar-refractivity contribution in [3.8, 4) is 5.75 Å². The number of benzene rings is 2. The van der Waals surface area contributed by atoms with Gasteiger partial charge in [-0.2, -0.15) is 0 Å². The van der Waals surface area contributed by atoms with Crippen molar-refractivity contribution >= 4 is 63.5 Å². The molecule has 26 heavy (non-hydrogen) atoms. The number of carbonyl (C=O) groups excluding carboxylic acids is 2. The van der Waals surface area contributed by atoms with E-state index in [1.54, 1.807) is 42.5 Å². The standard InChI is InChI=1S/C18H13ClN2O3S2/c19-12-3-1-11(2-4-12)9-15-17(24)21(18(25)26-15)10-16(23)20-13-5-7-14(22)8-6-13/h1-9,22H,10H2,(H,20,23)/b15-9-. The summed E-state index contributed by atoms with van der Waals surface area (Å²) in [7, 11) is 0. The van der Waals surface area contributed by atoms with Gasteiger partial charge in [-0.15, -0.1) is 0 Å². The Kier molecular flexibility index (Phi) is 5.61. The lowest BCUT2D eigenvalue weighted by Crippen LogP contribution is -2.36. The van der Waals surface area contributed by atoms with Crippen LogP contribution in [0.25, 0.3) is 6.08 Å². The van der Waals surface area contributed by atoms with Gasteiger partial charge in [0.1, 0.15) is 16.6 Å². The molecule has 0 aromatic heterocycles. The molecule has 2 N–H and O–H groups in total. The maximum absolute atomic E-state index is 12.5. The van der Waals surface area contributed by atoms with Gasteiger partial charge in [0.2, 0.25) is 5.91 Å². The van der Waals surface area contributed by atoms with Gasteiger partial charge >= 0.3 is 0 Å². The number of rotatable bonds is 4. The molecule has 1 heterocycles. The monoisotopic (exact) mass is 404 g/mol. The lowest BCUT2D eigenvalue weighted by Gasteiger charge is -2.14. The summed E-state index contributed by atoms with van der Waals surface area (Å²) < 4.78 is 0.330. The van der Waals surface area contributed by atoms with Crippen molar-refractivity contribution in [2.75, 3.05) is 11.9 Å². The SMILES string of the molecule is O=C(CN1C(=O)/C(=C/c2ccc(Cl)cc2)SC1=S)Nc1ccc(O)cc1. The Morgan fingerprint density at radius 3 is 2.50 bits per heavy atom. The number of aromatic hydroxyl groups is 1. The number of nitrogens with zero attached hydrogens (tertiary/aromatic N) is 1. The largest absolute Gasteiger partial charge is 0.508 e. The molecule has 0 aliphatic carbocycles. The number of halogens is 1. The molecule has 1 aliphatic rings. The minimum absolute atomic E-state index is 0.104. The highest BCUT2D eigenvalue weighted by Gasteiger charge is 2.33. The molecule has 5 nitrogen and oxygen atoms in total. The first kappa shape index (κ1) is 18.4. The molecule has 0 unspecified atom stereocenters. The van der Waals surface area contributed by atoms with Crippen molar-refractivity contribution in [2.45, 2.75) is 0 Å². The zero-order chi connectivity index (χ0) is 18.7. The molecule has 132 valence electrons. The topological polar surface area (TPSA) is 69.6 Å². The summed E-state index contributed by atoms with van der Waals surface area (Å²) in [5.41, 5.74) is 1.35. The molecule has 0 spiro atoms. The third-order valence-corrected chi connectivity index (χ3v) is 5.12. The Hall–Kier alpha value is -2.35. The van der Waals surface area contributed by atoms with E-state index in [4.69, 9.17) is 23.8 Å². The normalized spacial score (nSPS) is 15.6. The highest BCUT2D eigenvalue weighted by molar-refractivity contribution is 8.26. The van der Waals surface area contributed by atoms with Crippen LogP contribution in [0.5, 0.6) is 5.75 Å². The summed E-state index contributed by atoms with van der Waals surface area (Å²) in [5.74, 6) is -0.581. The summed E-state index contributed by atoms with van der Waals surface area (Å²) in [4.78, 5) is 26.4. The molecule has 0 bridgehead atoms. The predicted molar refractivity (Wildman–Crippen MR) is 108 cm³/mol. The number of thioether (sulfide) groups is 1. The van der Waals surface area contributed by atoms with E-state index in [1.165, 1.54) is 17.0 Å². The summed E-state index contributed by atoms with van der Waals surface area (Å²) >= 11 is 12.2. The number of phenolic OH excluding ortho intramolecular Hbond substituents is 1. The molecule has 0 saturated carbocycles. The average Bonchev–Trinajstić information content (AvgIpc) is 2.86. The fourth-order valence-electron chi connectivity index (χ4n) is 2.24. The lowest BCUT2D eigenvalue weighted by atomic mass is 10.2. The van der Waals surface area contributed by atoms with E-state index < -0.39 is 0 Å². The summed E-state index contributed by atoms with van der Waals surface area (Å²) in [5, 5.41) is 12.5. The minimum Gasteiger partial charge on any atom is -0.508 e. The zero-order valence-corrected chi connectivity index (χ0v) is 15.7. The van der Waals surface area contributed by atoms with Crippen molar-refractivity contribution < 1.29 is 14.7 Å². The minimum atomic E-state index is -0.375. The Morgan fingerprint density at radius 2 is 1.85 bits per heavy atom. The van der Waals surface area contributed by atoms with E-state index in [9.17, 15) is 14.7 Å². The fourth-order valence-corrected chi connectivity index (χ4v) is 3.62. The highest BCUT2D eigenvalue weighted by Crippen LogP contribution is 2.32. The van der Waals surface area contributed by atoms with Crippen molar-refractivity contribution in [2.24, 2.45) is 0 Å². The molecule has 3 rings (SSSR count). The molecule has 2 aromatic carbocycles. The van der Waals surface area contributed by atoms with Crippen LogP contribution < -0.4 is 5.32 Å². The number of nitrogens with one attached hydrogen (secondary N) is 1. The Morgan fingerprint density at radius 1 is 1.19 bits per heavy atom. The number of thiocarbonyl (C=S) groups is 1. The molecule has 2 amide bonds. The third-order valence-electron chi connectivity index (χ3n) is 3.49. The Balaban J connectivity index is 1.67. The number of carbonyl (C=O) groups is 2. The molecule has 0 atom stereocenters. The predicted octanol–water partition coefficient (Wildman–Crippen LogP) is 3.89. The van der Waals surface area contributed by atoms with Crippen LogP contribution in [0.15, 0.2) is 53.4 Å². The van der Waals surface area contributed by atoms with Crippen LogP contribution in [0.3, 0.4) is 0 Å². The number of hydrogen-bond donors (Lipinski definition) is 2. The second kappa shape index (κ2) is 7.90. The Bertz CT molecular complexity index is 896. The van der Waals surface area contributed by atoms with Gasteiger partial charge in [0.25, 0.3) is 5.91 Å². The average molecular weight is 405 g/mol.